The molecule has 0 bridgehead atoms. The van der Waals surface area contributed by atoms with Crippen molar-refractivity contribution in [3.8, 4) is 11.5 Å². The molecule has 1 aliphatic heterocycles. The number of amides is 1. The minimum absolute atomic E-state index is 0.00106. The van der Waals surface area contributed by atoms with Gasteiger partial charge in [0.05, 0.1) is 36.0 Å². The second-order valence-corrected chi connectivity index (χ2v) is 8.47. The van der Waals surface area contributed by atoms with Crippen molar-refractivity contribution in [2.45, 2.75) is 26.0 Å². The van der Waals surface area contributed by atoms with Crippen LogP contribution in [-0.4, -0.2) is 41.1 Å². The van der Waals surface area contributed by atoms with E-state index in [0.717, 1.165) is 0 Å². The van der Waals surface area contributed by atoms with Crippen LogP contribution in [0.1, 0.15) is 41.4 Å². The number of esters is 1. The third-order valence-electron chi connectivity index (χ3n) is 5.72. The zero-order valence-electron chi connectivity index (χ0n) is 20.0. The SMILES string of the molecule is COc1ccccc1/C(O)=C1\C(=O)C(=O)N(c2cccc(C(=O)OC(C)C)c2)C1c1ccc(O)cc1. The number of para-hydroxylation sites is 1. The summed E-state index contributed by atoms with van der Waals surface area (Å²) in [7, 11) is 1.43. The van der Waals surface area contributed by atoms with Crippen molar-refractivity contribution in [2.75, 3.05) is 12.0 Å². The van der Waals surface area contributed by atoms with Gasteiger partial charge in [-0.3, -0.25) is 14.5 Å². The van der Waals surface area contributed by atoms with Gasteiger partial charge in [-0.15, -0.1) is 0 Å². The molecule has 0 aromatic heterocycles. The van der Waals surface area contributed by atoms with Crippen molar-refractivity contribution >= 4 is 29.1 Å². The molecule has 1 atom stereocenters. The number of phenolic OH excluding ortho intramolecular Hbond substituents is 1. The lowest BCUT2D eigenvalue weighted by molar-refractivity contribution is -0.132. The average Bonchev–Trinajstić information content (AvgIpc) is 3.14. The summed E-state index contributed by atoms with van der Waals surface area (Å²) in [5, 5.41) is 21.1. The topological polar surface area (TPSA) is 113 Å². The average molecular weight is 488 g/mol. The Bertz CT molecular complexity index is 1360. The third-order valence-corrected chi connectivity index (χ3v) is 5.72. The molecular formula is C28H25NO7. The number of carbonyl (C=O) groups excluding carboxylic acids is 3. The zero-order chi connectivity index (χ0) is 26.0. The monoisotopic (exact) mass is 487 g/mol. The molecule has 184 valence electrons. The van der Waals surface area contributed by atoms with E-state index >= 15 is 0 Å². The van der Waals surface area contributed by atoms with Crippen LogP contribution in [0.4, 0.5) is 5.69 Å². The highest BCUT2D eigenvalue weighted by Crippen LogP contribution is 2.43. The van der Waals surface area contributed by atoms with Gasteiger partial charge in [0.2, 0.25) is 0 Å². The Hall–Kier alpha value is -4.59. The smallest absolute Gasteiger partial charge is 0.338 e. The van der Waals surface area contributed by atoms with E-state index in [9.17, 15) is 24.6 Å². The second kappa shape index (κ2) is 9.95. The summed E-state index contributed by atoms with van der Waals surface area (Å²) in [6.45, 7) is 3.45. The largest absolute Gasteiger partial charge is 0.508 e. The number of aliphatic hydroxyl groups excluding tert-OH is 1. The van der Waals surface area contributed by atoms with Crippen molar-refractivity contribution in [3.63, 3.8) is 0 Å². The molecule has 1 amide bonds. The van der Waals surface area contributed by atoms with E-state index in [2.05, 4.69) is 0 Å². The number of methoxy groups -OCH3 is 1. The maximum Gasteiger partial charge on any atom is 0.338 e. The summed E-state index contributed by atoms with van der Waals surface area (Å²) in [5.74, 6) is -2.42. The van der Waals surface area contributed by atoms with Gasteiger partial charge in [0, 0.05) is 5.69 Å². The highest BCUT2D eigenvalue weighted by molar-refractivity contribution is 6.51. The number of ether oxygens (including phenoxy) is 2. The Balaban J connectivity index is 1.91. The number of Topliss-reactive ketones (excluding diaryl/α,β-unsaturated/α-hetero) is 1. The fourth-order valence-electron chi connectivity index (χ4n) is 4.12. The molecule has 8 heteroatoms. The lowest BCUT2D eigenvalue weighted by Gasteiger charge is -2.26. The van der Waals surface area contributed by atoms with Crippen LogP contribution in [0.25, 0.3) is 5.76 Å². The van der Waals surface area contributed by atoms with Crippen molar-refractivity contribution in [1.82, 2.24) is 0 Å². The van der Waals surface area contributed by atoms with Gasteiger partial charge in [0.25, 0.3) is 11.7 Å². The Morgan fingerprint density at radius 1 is 0.972 bits per heavy atom. The number of aliphatic hydroxyl groups is 1. The van der Waals surface area contributed by atoms with Crippen LogP contribution in [0, 0.1) is 0 Å². The maximum absolute atomic E-state index is 13.4. The van der Waals surface area contributed by atoms with Gasteiger partial charge in [0.1, 0.15) is 17.3 Å². The number of hydrogen-bond donors (Lipinski definition) is 2. The fourth-order valence-corrected chi connectivity index (χ4v) is 4.12. The molecule has 2 N–H and O–H groups in total. The lowest BCUT2D eigenvalue weighted by Crippen LogP contribution is -2.29. The second-order valence-electron chi connectivity index (χ2n) is 8.47. The summed E-state index contributed by atoms with van der Waals surface area (Å²) >= 11 is 0. The number of ketones is 1. The molecule has 4 rings (SSSR count). The maximum atomic E-state index is 13.4. The molecule has 8 nitrogen and oxygen atoms in total. The van der Waals surface area contributed by atoms with E-state index in [1.54, 1.807) is 68.4 Å². The van der Waals surface area contributed by atoms with E-state index in [1.807, 2.05) is 0 Å². The molecule has 1 unspecified atom stereocenters. The normalized spacial score (nSPS) is 16.9. The van der Waals surface area contributed by atoms with Crippen molar-refractivity contribution in [3.05, 3.63) is 95.1 Å². The summed E-state index contributed by atoms with van der Waals surface area (Å²) < 4.78 is 10.6. The van der Waals surface area contributed by atoms with Gasteiger partial charge >= 0.3 is 5.97 Å². The Morgan fingerprint density at radius 2 is 1.67 bits per heavy atom. The van der Waals surface area contributed by atoms with Crippen LogP contribution in [-0.2, 0) is 14.3 Å². The molecule has 0 aliphatic carbocycles. The van der Waals surface area contributed by atoms with E-state index in [4.69, 9.17) is 9.47 Å². The van der Waals surface area contributed by atoms with Crippen molar-refractivity contribution in [2.24, 2.45) is 0 Å². The minimum atomic E-state index is -1.04. The molecular weight excluding hydrogens is 462 g/mol. The Morgan fingerprint density at radius 3 is 2.33 bits per heavy atom. The lowest BCUT2D eigenvalue weighted by atomic mass is 9.94. The molecule has 1 heterocycles. The fraction of sp³-hybridized carbons (Fsp3) is 0.179. The van der Waals surface area contributed by atoms with Crippen LogP contribution in [0.5, 0.6) is 11.5 Å². The standard InChI is InChI=1S/C28H25NO7/c1-16(2)36-28(34)18-7-6-8-19(15-18)29-24(17-11-13-20(30)14-12-17)23(26(32)27(29)33)25(31)21-9-4-5-10-22(21)35-3/h4-16,24,30-31H,1-3H3/b25-23+. The van der Waals surface area contributed by atoms with E-state index in [-0.39, 0.29) is 34.2 Å². The predicted molar refractivity (Wildman–Crippen MR) is 133 cm³/mol. The van der Waals surface area contributed by atoms with Crippen molar-refractivity contribution < 1.29 is 34.1 Å². The van der Waals surface area contributed by atoms with Crippen LogP contribution >= 0.6 is 0 Å². The van der Waals surface area contributed by atoms with Gasteiger partial charge in [-0.25, -0.2) is 4.79 Å². The number of carbonyl (C=O) groups is 3. The summed E-state index contributed by atoms with van der Waals surface area (Å²) in [4.78, 5) is 40.4. The van der Waals surface area contributed by atoms with Gasteiger partial charge < -0.3 is 19.7 Å². The molecule has 1 saturated heterocycles. The number of nitrogens with zero attached hydrogens (tertiary/aromatic N) is 1. The van der Waals surface area contributed by atoms with Crippen LogP contribution in [0.3, 0.4) is 0 Å². The zero-order valence-corrected chi connectivity index (χ0v) is 20.0. The summed E-state index contributed by atoms with van der Waals surface area (Å²) in [6, 6.07) is 17.7. The number of phenols is 1. The molecule has 3 aromatic rings. The number of hydrogen-bond acceptors (Lipinski definition) is 7. The van der Waals surface area contributed by atoms with E-state index in [0.29, 0.717) is 11.3 Å². The number of rotatable bonds is 6. The molecule has 0 radical (unpaired) electrons. The number of benzene rings is 3. The molecule has 36 heavy (non-hydrogen) atoms. The highest BCUT2D eigenvalue weighted by Gasteiger charge is 2.47. The first kappa shape index (κ1) is 24.5. The number of aromatic hydroxyl groups is 1. The van der Waals surface area contributed by atoms with Gasteiger partial charge in [-0.05, 0) is 61.9 Å². The van der Waals surface area contributed by atoms with Gasteiger partial charge in [0.15, 0.2) is 0 Å². The van der Waals surface area contributed by atoms with E-state index in [1.165, 1.54) is 30.2 Å². The molecule has 0 spiro atoms. The third kappa shape index (κ3) is 4.53. The summed E-state index contributed by atoms with van der Waals surface area (Å²) in [5.41, 5.74) is 1.05. The van der Waals surface area contributed by atoms with Gasteiger partial charge in [-0.2, -0.15) is 0 Å². The summed E-state index contributed by atoms with van der Waals surface area (Å²) in [6.07, 6.45) is -0.340. The minimum Gasteiger partial charge on any atom is -0.508 e. The number of anilines is 1. The Kier molecular flexibility index (Phi) is 6.78. The first-order chi connectivity index (χ1) is 17.2. The molecule has 1 fully saturated rings. The predicted octanol–water partition coefficient (Wildman–Crippen LogP) is 4.59. The molecule has 1 aliphatic rings. The Labute approximate surface area is 208 Å². The van der Waals surface area contributed by atoms with E-state index < -0.39 is 29.5 Å². The van der Waals surface area contributed by atoms with Crippen molar-refractivity contribution in [1.29, 1.82) is 0 Å². The van der Waals surface area contributed by atoms with Crippen LogP contribution in [0.2, 0.25) is 0 Å². The first-order valence-electron chi connectivity index (χ1n) is 11.3. The van der Waals surface area contributed by atoms with Crippen LogP contribution in [0.15, 0.2) is 78.4 Å². The highest BCUT2D eigenvalue weighted by atomic mass is 16.5. The van der Waals surface area contributed by atoms with Crippen LogP contribution < -0.4 is 9.64 Å². The quantitative estimate of drug-likeness (QED) is 0.226. The molecule has 0 saturated carbocycles. The first-order valence-corrected chi connectivity index (χ1v) is 11.3. The molecule has 3 aromatic carbocycles. The van der Waals surface area contributed by atoms with Gasteiger partial charge in [-0.1, -0.05) is 30.3 Å².